The molecule has 0 radical (unpaired) electrons. The van der Waals surface area contributed by atoms with E-state index in [4.69, 9.17) is 16.3 Å². The van der Waals surface area contributed by atoms with Gasteiger partial charge in [0.1, 0.15) is 5.75 Å². The lowest BCUT2D eigenvalue weighted by Gasteiger charge is -2.13. The molecular formula is C12H17ClO. The molecule has 0 heterocycles. The summed E-state index contributed by atoms with van der Waals surface area (Å²) in [5.74, 6) is 2.15. The van der Waals surface area contributed by atoms with Gasteiger partial charge in [-0.2, -0.15) is 0 Å². The van der Waals surface area contributed by atoms with E-state index >= 15 is 0 Å². The van der Waals surface area contributed by atoms with Crippen molar-refractivity contribution in [3.8, 4) is 5.75 Å². The van der Waals surface area contributed by atoms with E-state index in [2.05, 4.69) is 19.9 Å². The van der Waals surface area contributed by atoms with E-state index in [0.717, 1.165) is 12.2 Å². The lowest BCUT2D eigenvalue weighted by Crippen LogP contribution is -2.01. The number of para-hydroxylation sites is 1. The van der Waals surface area contributed by atoms with Gasteiger partial charge in [0, 0.05) is 5.88 Å². The van der Waals surface area contributed by atoms with Crippen LogP contribution in [-0.4, -0.2) is 12.5 Å². The summed E-state index contributed by atoms with van der Waals surface area (Å²) in [6, 6.07) is 8.18. The second-order valence-electron chi connectivity index (χ2n) is 3.58. The number of hydrogen-bond acceptors (Lipinski definition) is 1. The Kier molecular flexibility index (Phi) is 4.81. The normalized spacial score (nSPS) is 10.6. The van der Waals surface area contributed by atoms with Crippen molar-refractivity contribution in [3.63, 3.8) is 0 Å². The van der Waals surface area contributed by atoms with Crippen LogP contribution in [0.3, 0.4) is 0 Å². The highest BCUT2D eigenvalue weighted by Gasteiger charge is 2.05. The minimum Gasteiger partial charge on any atom is -0.493 e. The van der Waals surface area contributed by atoms with Crippen LogP contribution in [0.5, 0.6) is 5.75 Å². The summed E-state index contributed by atoms with van der Waals surface area (Å²) in [7, 11) is 0. The first-order chi connectivity index (χ1) is 6.75. The number of hydrogen-bond donors (Lipinski definition) is 0. The van der Waals surface area contributed by atoms with Crippen molar-refractivity contribution < 1.29 is 4.74 Å². The van der Waals surface area contributed by atoms with Gasteiger partial charge in [0.25, 0.3) is 0 Å². The zero-order chi connectivity index (χ0) is 10.4. The molecule has 0 saturated heterocycles. The van der Waals surface area contributed by atoms with Gasteiger partial charge in [-0.05, 0) is 24.0 Å². The molecule has 1 aromatic rings. The van der Waals surface area contributed by atoms with Crippen LogP contribution in [-0.2, 0) is 0 Å². The molecule has 0 spiro atoms. The number of benzene rings is 1. The van der Waals surface area contributed by atoms with Crippen molar-refractivity contribution in [2.75, 3.05) is 12.5 Å². The van der Waals surface area contributed by atoms with Crippen molar-refractivity contribution in [1.29, 1.82) is 0 Å². The molecule has 0 aliphatic carbocycles. The first kappa shape index (κ1) is 11.4. The second-order valence-corrected chi connectivity index (χ2v) is 3.96. The van der Waals surface area contributed by atoms with Crippen LogP contribution in [0.15, 0.2) is 24.3 Å². The van der Waals surface area contributed by atoms with E-state index < -0.39 is 0 Å². The van der Waals surface area contributed by atoms with Crippen molar-refractivity contribution in [1.82, 2.24) is 0 Å². The molecule has 0 aromatic heterocycles. The maximum Gasteiger partial charge on any atom is 0.122 e. The van der Waals surface area contributed by atoms with E-state index in [-0.39, 0.29) is 0 Å². The molecule has 0 bridgehead atoms. The fourth-order valence-electron chi connectivity index (χ4n) is 1.33. The molecule has 0 atom stereocenters. The third kappa shape index (κ3) is 3.22. The molecule has 0 saturated carbocycles. The Labute approximate surface area is 91.0 Å². The van der Waals surface area contributed by atoms with Crippen LogP contribution in [0.2, 0.25) is 0 Å². The molecule has 0 unspecified atom stereocenters. The van der Waals surface area contributed by atoms with Crippen LogP contribution < -0.4 is 4.74 Å². The largest absolute Gasteiger partial charge is 0.493 e. The number of rotatable bonds is 5. The zero-order valence-electron chi connectivity index (χ0n) is 8.79. The number of alkyl halides is 1. The summed E-state index contributed by atoms with van der Waals surface area (Å²) in [5, 5.41) is 0. The quantitative estimate of drug-likeness (QED) is 0.533. The molecule has 0 aliphatic rings. The Balaban J connectivity index is 2.64. The first-order valence-corrected chi connectivity index (χ1v) is 5.57. The average molecular weight is 213 g/mol. The van der Waals surface area contributed by atoms with Crippen LogP contribution in [0, 0.1) is 0 Å². The van der Waals surface area contributed by atoms with Gasteiger partial charge in [-0.25, -0.2) is 0 Å². The lowest BCUT2D eigenvalue weighted by molar-refractivity contribution is 0.314. The Morgan fingerprint density at radius 1 is 1.29 bits per heavy atom. The van der Waals surface area contributed by atoms with Gasteiger partial charge in [0.2, 0.25) is 0 Å². The third-order valence-corrected chi connectivity index (χ3v) is 2.34. The Hall–Kier alpha value is -0.690. The SMILES string of the molecule is CC(C)c1ccccc1OCCCCl. The lowest BCUT2D eigenvalue weighted by atomic mass is 10.0. The molecule has 14 heavy (non-hydrogen) atoms. The van der Waals surface area contributed by atoms with Gasteiger partial charge >= 0.3 is 0 Å². The Bertz CT molecular complexity index is 271. The van der Waals surface area contributed by atoms with Crippen molar-refractivity contribution in [3.05, 3.63) is 29.8 Å². The first-order valence-electron chi connectivity index (χ1n) is 5.03. The summed E-state index contributed by atoms with van der Waals surface area (Å²) in [6.45, 7) is 5.04. The highest BCUT2D eigenvalue weighted by atomic mass is 35.5. The van der Waals surface area contributed by atoms with E-state index in [0.29, 0.717) is 18.4 Å². The van der Waals surface area contributed by atoms with E-state index in [1.54, 1.807) is 0 Å². The minimum atomic E-state index is 0.502. The fraction of sp³-hybridized carbons (Fsp3) is 0.500. The zero-order valence-corrected chi connectivity index (χ0v) is 9.55. The predicted octanol–water partition coefficient (Wildman–Crippen LogP) is 3.82. The number of ether oxygens (including phenoxy) is 1. The van der Waals surface area contributed by atoms with Crippen LogP contribution in [0.4, 0.5) is 0 Å². The summed E-state index contributed by atoms with van der Waals surface area (Å²) < 4.78 is 5.65. The third-order valence-electron chi connectivity index (χ3n) is 2.08. The molecule has 1 aromatic carbocycles. The number of halogens is 1. The summed E-state index contributed by atoms with van der Waals surface area (Å²) in [6.07, 6.45) is 0.897. The maximum absolute atomic E-state index is 5.65. The molecule has 1 rings (SSSR count). The van der Waals surface area contributed by atoms with Crippen molar-refractivity contribution >= 4 is 11.6 Å². The molecular weight excluding hydrogens is 196 g/mol. The predicted molar refractivity (Wildman–Crippen MR) is 61.4 cm³/mol. The van der Waals surface area contributed by atoms with E-state index in [9.17, 15) is 0 Å². The monoisotopic (exact) mass is 212 g/mol. The van der Waals surface area contributed by atoms with Crippen molar-refractivity contribution in [2.45, 2.75) is 26.2 Å². The standard InChI is InChI=1S/C12H17ClO/c1-10(2)11-6-3-4-7-12(11)14-9-5-8-13/h3-4,6-7,10H,5,8-9H2,1-2H3. The highest BCUT2D eigenvalue weighted by molar-refractivity contribution is 6.17. The fourth-order valence-corrected chi connectivity index (χ4v) is 1.43. The molecule has 2 heteroatoms. The summed E-state index contributed by atoms with van der Waals surface area (Å²) >= 11 is 5.59. The maximum atomic E-state index is 5.65. The van der Waals surface area contributed by atoms with Crippen LogP contribution in [0.25, 0.3) is 0 Å². The van der Waals surface area contributed by atoms with Crippen molar-refractivity contribution in [2.24, 2.45) is 0 Å². The highest BCUT2D eigenvalue weighted by Crippen LogP contribution is 2.25. The Morgan fingerprint density at radius 2 is 2.00 bits per heavy atom. The second kappa shape index (κ2) is 5.92. The van der Waals surface area contributed by atoms with Gasteiger partial charge in [-0.1, -0.05) is 32.0 Å². The molecule has 0 fully saturated rings. The van der Waals surface area contributed by atoms with E-state index in [1.807, 2.05) is 18.2 Å². The minimum absolute atomic E-state index is 0.502. The topological polar surface area (TPSA) is 9.23 Å². The van der Waals surface area contributed by atoms with Gasteiger partial charge in [0.05, 0.1) is 6.61 Å². The van der Waals surface area contributed by atoms with Gasteiger partial charge in [-0.3, -0.25) is 0 Å². The van der Waals surface area contributed by atoms with Gasteiger partial charge in [0.15, 0.2) is 0 Å². The van der Waals surface area contributed by atoms with Gasteiger partial charge in [-0.15, -0.1) is 11.6 Å². The summed E-state index contributed by atoms with van der Waals surface area (Å²) in [5.41, 5.74) is 1.27. The molecule has 0 aliphatic heterocycles. The van der Waals surface area contributed by atoms with E-state index in [1.165, 1.54) is 5.56 Å². The summed E-state index contributed by atoms with van der Waals surface area (Å²) in [4.78, 5) is 0. The van der Waals surface area contributed by atoms with Crippen LogP contribution in [0.1, 0.15) is 31.7 Å². The molecule has 0 amide bonds. The molecule has 0 N–H and O–H groups in total. The average Bonchev–Trinajstić information content (AvgIpc) is 2.19. The smallest absolute Gasteiger partial charge is 0.122 e. The molecule has 78 valence electrons. The molecule has 1 nitrogen and oxygen atoms in total. The van der Waals surface area contributed by atoms with Gasteiger partial charge < -0.3 is 4.74 Å². The van der Waals surface area contributed by atoms with Crippen LogP contribution >= 0.6 is 11.6 Å². The Morgan fingerprint density at radius 3 is 2.64 bits per heavy atom.